The Balaban J connectivity index is 1.37. The topological polar surface area (TPSA) is 94.4 Å². The van der Waals surface area contributed by atoms with Crippen LogP contribution in [0.25, 0.3) is 0 Å². The van der Waals surface area contributed by atoms with Crippen LogP contribution in [0.15, 0.2) is 66.9 Å². The van der Waals surface area contributed by atoms with Crippen LogP contribution >= 0.6 is 18.2 Å². The Morgan fingerprint density at radius 1 is 1.09 bits per heavy atom. The van der Waals surface area contributed by atoms with Crippen molar-refractivity contribution in [1.29, 1.82) is 5.26 Å². The second-order valence-electron chi connectivity index (χ2n) is 12.0. The molecule has 45 heavy (non-hydrogen) atoms. The van der Waals surface area contributed by atoms with Gasteiger partial charge in [0.05, 0.1) is 0 Å². The van der Waals surface area contributed by atoms with E-state index in [9.17, 15) is 28.0 Å². The van der Waals surface area contributed by atoms with E-state index >= 15 is 4.79 Å². The molecular weight excluding hydrogens is 698 g/mol. The molecular formula is C33H30F3IN5O3+. The first-order chi connectivity index (χ1) is 21.5. The Labute approximate surface area is 262 Å². The van der Waals surface area contributed by atoms with Crippen LogP contribution in [0.4, 0.5) is 24.7 Å². The molecule has 1 saturated carbocycles. The summed E-state index contributed by atoms with van der Waals surface area (Å²) in [5.41, 5.74) is 1.01. The summed E-state index contributed by atoms with van der Waals surface area (Å²) in [6.07, 6.45) is 1.27. The van der Waals surface area contributed by atoms with Crippen molar-refractivity contribution in [3.8, 4) is 6.07 Å². The van der Waals surface area contributed by atoms with E-state index in [0.717, 1.165) is 3.57 Å². The number of carbonyl (C=O) groups is 3. The summed E-state index contributed by atoms with van der Waals surface area (Å²) in [6, 6.07) is 15.1. The predicted molar refractivity (Wildman–Crippen MR) is 170 cm³/mol. The van der Waals surface area contributed by atoms with Gasteiger partial charge in [-0.1, -0.05) is 0 Å². The van der Waals surface area contributed by atoms with Gasteiger partial charge in [-0.3, -0.25) is 0 Å². The molecule has 1 aromatic heterocycles. The number of hydrogen-bond acceptors (Lipinski definition) is 5. The summed E-state index contributed by atoms with van der Waals surface area (Å²) in [6.45, 7) is 0. The van der Waals surface area contributed by atoms with Crippen LogP contribution < -0.4 is 9.80 Å². The molecule has 3 aromatic rings. The molecule has 2 saturated heterocycles. The van der Waals surface area contributed by atoms with Gasteiger partial charge >= 0.3 is 263 Å². The molecule has 2 unspecified atom stereocenters. The van der Waals surface area contributed by atoms with Gasteiger partial charge in [0.25, 0.3) is 0 Å². The van der Waals surface area contributed by atoms with Crippen molar-refractivity contribution < 1.29 is 30.3 Å². The standard InChI is InChI=1S/C33H30F3IN5O3/c1-37-20-42(37,24-11-14-33(35,36)15-12-24)32(45)30(25-7-2-3-8-26(25)37)40(23-6-4-5-22(34)18-23)31(44)27-9-10-29(43)41(27)28-17-21(19-38)13-16-39-28/h2-8,13,16-18,24,27,30H,1,9-12,14-15,20H2/q+1/t27-,30-,42?/m0/s1. The molecule has 3 amide bonds. The average molecular weight is 729 g/mol. The predicted octanol–water partition coefficient (Wildman–Crippen LogP) is 5.83. The summed E-state index contributed by atoms with van der Waals surface area (Å²) >= 11 is -3.32. The number of alkyl halides is 3. The number of nitrogens with zero attached hydrogens (tertiary/aromatic N) is 5. The number of benzene rings is 2. The van der Waals surface area contributed by atoms with Crippen molar-refractivity contribution in [2.75, 3.05) is 14.4 Å². The number of fused-ring (bicyclic) bond motifs is 3. The van der Waals surface area contributed by atoms with Crippen LogP contribution in [-0.4, -0.2) is 52.5 Å². The fraction of sp³-hybridized carbons (Fsp3) is 0.333. The van der Waals surface area contributed by atoms with Crippen LogP contribution in [0.2, 0.25) is 0 Å². The zero-order valence-electron chi connectivity index (χ0n) is 24.2. The van der Waals surface area contributed by atoms with Gasteiger partial charge in [-0.2, -0.15) is 0 Å². The maximum atomic E-state index is 15.0. The fourth-order valence-electron chi connectivity index (χ4n) is 7.31. The number of hydrogen-bond donors (Lipinski definition) is 0. The molecule has 8 nitrogen and oxygen atoms in total. The Morgan fingerprint density at radius 2 is 1.84 bits per heavy atom. The van der Waals surface area contributed by atoms with E-state index in [1.54, 1.807) is 18.2 Å². The average Bonchev–Trinajstić information content (AvgIpc) is 3.52. The molecule has 12 heteroatoms. The Hall–Kier alpha value is -3.96. The molecule has 0 radical (unpaired) electrons. The van der Waals surface area contributed by atoms with Crippen molar-refractivity contribution >= 4 is 52.0 Å². The van der Waals surface area contributed by atoms with E-state index < -0.39 is 48.0 Å². The molecule has 4 aliphatic rings. The van der Waals surface area contributed by atoms with Crippen LogP contribution in [0.1, 0.15) is 55.7 Å². The van der Waals surface area contributed by atoms with E-state index in [1.165, 1.54) is 46.3 Å². The molecule has 0 bridgehead atoms. The summed E-state index contributed by atoms with van der Waals surface area (Å²) < 4.78 is 49.4. The number of halogens is 4. The molecule has 0 N–H and O–H groups in total. The van der Waals surface area contributed by atoms with E-state index in [4.69, 9.17) is 0 Å². The second kappa shape index (κ2) is 10.6. The van der Waals surface area contributed by atoms with Crippen LogP contribution in [0.3, 0.4) is 0 Å². The molecule has 4 atom stereocenters. The third kappa shape index (κ3) is 4.53. The number of anilines is 2. The van der Waals surface area contributed by atoms with Gasteiger partial charge in [0.2, 0.25) is 0 Å². The minimum absolute atomic E-state index is 0.0162. The number of quaternary nitrogens is 1. The van der Waals surface area contributed by atoms with Crippen LogP contribution in [0.5, 0.6) is 0 Å². The molecule has 3 aliphatic heterocycles. The van der Waals surface area contributed by atoms with Crippen LogP contribution in [-0.2, 0) is 14.4 Å². The summed E-state index contributed by atoms with van der Waals surface area (Å²) in [5, 5.41) is 9.44. The van der Waals surface area contributed by atoms with Gasteiger partial charge in [0.15, 0.2) is 0 Å². The van der Waals surface area contributed by atoms with E-state index in [1.807, 2.05) is 18.2 Å². The number of aromatic nitrogens is 1. The van der Waals surface area contributed by atoms with Gasteiger partial charge in [0.1, 0.15) is 0 Å². The number of amides is 3. The summed E-state index contributed by atoms with van der Waals surface area (Å²) in [4.78, 5) is 49.8. The summed E-state index contributed by atoms with van der Waals surface area (Å²) in [5.74, 6) is -4.51. The van der Waals surface area contributed by atoms with Crippen molar-refractivity contribution in [3.63, 3.8) is 0 Å². The number of rotatable bonds is 5. The molecule has 4 heterocycles. The fourth-order valence-corrected chi connectivity index (χ4v) is 18.9. The van der Waals surface area contributed by atoms with Gasteiger partial charge in [-0.25, -0.2) is 0 Å². The summed E-state index contributed by atoms with van der Waals surface area (Å²) in [7, 11) is 0. The molecule has 7 rings (SSSR count). The molecule has 1 aliphatic carbocycles. The van der Waals surface area contributed by atoms with Crippen molar-refractivity contribution in [1.82, 2.24) is 4.98 Å². The zero-order valence-corrected chi connectivity index (χ0v) is 26.4. The first kappa shape index (κ1) is 29.7. The maximum absolute atomic E-state index is 15.0. The third-order valence-corrected chi connectivity index (χ3v) is 19.0. The molecule has 3 fully saturated rings. The normalized spacial score (nSPS) is 30.0. The molecule has 2 aromatic carbocycles. The molecule has 0 spiro atoms. The third-order valence-electron chi connectivity index (χ3n) is 9.53. The number of nitriles is 1. The van der Waals surface area contributed by atoms with Crippen molar-refractivity contribution in [3.05, 3.63) is 87.4 Å². The first-order valence-electron chi connectivity index (χ1n) is 14.7. The zero-order chi connectivity index (χ0) is 31.7. The van der Waals surface area contributed by atoms with Gasteiger partial charge in [-0.15, -0.1) is 0 Å². The van der Waals surface area contributed by atoms with Gasteiger partial charge in [0, 0.05) is 0 Å². The van der Waals surface area contributed by atoms with E-state index in [2.05, 4.69) is 9.50 Å². The Morgan fingerprint density at radius 3 is 2.58 bits per heavy atom. The quantitative estimate of drug-likeness (QED) is 0.109. The van der Waals surface area contributed by atoms with Crippen molar-refractivity contribution in [2.24, 2.45) is 0 Å². The number of pyridine rings is 1. The van der Waals surface area contributed by atoms with E-state index in [0.29, 0.717) is 10.1 Å². The van der Waals surface area contributed by atoms with Crippen LogP contribution in [0, 0.1) is 20.7 Å². The SMILES string of the molecule is C=I12C[N+]1(C1CCC(F)(F)CC1)C(=O)[C@@H](N(C(=O)[C@@H]1CCC(=O)N1c1cc(C#N)ccn1)c1cccc(F)c1)c1ccccc12. The monoisotopic (exact) mass is 728 g/mol. The van der Waals surface area contributed by atoms with Crippen molar-refractivity contribution in [2.45, 2.75) is 62.6 Å². The van der Waals surface area contributed by atoms with Gasteiger partial charge < -0.3 is 0 Å². The van der Waals surface area contributed by atoms with E-state index in [-0.39, 0.29) is 76.1 Å². The Kier molecular flexibility index (Phi) is 6.97. The molecule has 232 valence electrons. The van der Waals surface area contributed by atoms with Gasteiger partial charge in [-0.05, 0) is 0 Å². The number of carbonyl (C=O) groups excluding carboxylic acids is 3. The Bertz CT molecular complexity index is 1850. The minimum atomic E-state index is -3.32. The second-order valence-corrected chi connectivity index (χ2v) is 20.1. The first-order valence-corrected chi connectivity index (χ1v) is 19.8.